The van der Waals surface area contributed by atoms with Crippen molar-refractivity contribution in [3.05, 3.63) is 109 Å². The second kappa shape index (κ2) is 6.24. The smallest absolute Gasteiger partial charge is 0.137 e. The predicted octanol–water partition coefficient (Wildman–Crippen LogP) is 7.88. The van der Waals surface area contributed by atoms with Gasteiger partial charge in [-0.05, 0) is 52.9 Å². The zero-order valence-corrected chi connectivity index (χ0v) is 18.2. The van der Waals surface area contributed by atoms with Crippen molar-refractivity contribution in [2.45, 2.75) is 0 Å². The number of furan rings is 1. The minimum absolute atomic E-state index is 0.535. The third-order valence-corrected chi connectivity index (χ3v) is 7.17. The van der Waals surface area contributed by atoms with E-state index in [2.05, 4.69) is 89.3 Å². The van der Waals surface area contributed by atoms with E-state index < -0.39 is 0 Å². The van der Waals surface area contributed by atoms with Crippen LogP contribution in [-0.4, -0.2) is 4.40 Å². The van der Waals surface area contributed by atoms with Crippen LogP contribution in [0.15, 0.2) is 108 Å². The molecule has 3 heterocycles. The summed E-state index contributed by atoms with van der Waals surface area (Å²) in [6.45, 7) is 0. The first-order valence-electron chi connectivity index (χ1n) is 11.5. The standard InChI is InChI=1S/C31H18N2O/c32-31-23-10-2-1-7-20(23)25-16-19(17-26-21-8-3-5-11-27(21)33(31)30(25)26)18-13-14-29-24(15-18)22-9-4-6-12-28(22)34-29/h1-17,32H. The van der Waals surface area contributed by atoms with Crippen LogP contribution in [0.5, 0.6) is 0 Å². The Labute approximate surface area is 193 Å². The van der Waals surface area contributed by atoms with E-state index in [0.29, 0.717) is 5.49 Å². The van der Waals surface area contributed by atoms with Gasteiger partial charge in [-0.15, -0.1) is 0 Å². The highest BCUT2D eigenvalue weighted by atomic mass is 16.3. The highest BCUT2D eigenvalue weighted by Gasteiger charge is 2.17. The molecule has 34 heavy (non-hydrogen) atoms. The summed E-state index contributed by atoms with van der Waals surface area (Å²) in [5.74, 6) is 0. The van der Waals surface area contributed by atoms with Crippen LogP contribution < -0.4 is 5.49 Å². The third-order valence-electron chi connectivity index (χ3n) is 7.17. The molecule has 0 saturated carbocycles. The van der Waals surface area contributed by atoms with Gasteiger partial charge in [0.1, 0.15) is 16.7 Å². The fourth-order valence-corrected chi connectivity index (χ4v) is 5.65. The van der Waals surface area contributed by atoms with Crippen molar-refractivity contribution >= 4 is 59.9 Å². The summed E-state index contributed by atoms with van der Waals surface area (Å²) < 4.78 is 8.17. The Morgan fingerprint density at radius 3 is 1.97 bits per heavy atom. The zero-order valence-electron chi connectivity index (χ0n) is 18.2. The Morgan fingerprint density at radius 1 is 0.500 bits per heavy atom. The summed E-state index contributed by atoms with van der Waals surface area (Å²) in [5, 5.41) is 16.9. The van der Waals surface area contributed by atoms with Gasteiger partial charge in [0.05, 0.1) is 11.0 Å². The van der Waals surface area contributed by atoms with Crippen molar-refractivity contribution < 1.29 is 4.42 Å². The zero-order chi connectivity index (χ0) is 22.4. The number of para-hydroxylation sites is 2. The first-order valence-corrected chi connectivity index (χ1v) is 11.5. The number of aromatic nitrogens is 1. The fourth-order valence-electron chi connectivity index (χ4n) is 5.65. The molecule has 0 aliphatic rings. The molecule has 8 rings (SSSR count). The normalized spacial score (nSPS) is 12.2. The summed E-state index contributed by atoms with van der Waals surface area (Å²) in [6.07, 6.45) is 0. The number of rotatable bonds is 1. The molecule has 0 saturated heterocycles. The van der Waals surface area contributed by atoms with E-state index >= 15 is 0 Å². The number of nitrogens with one attached hydrogen (secondary N) is 1. The molecule has 0 bridgehead atoms. The molecule has 0 amide bonds. The Hall–Kier alpha value is -4.63. The molecule has 8 aromatic rings. The largest absolute Gasteiger partial charge is 0.456 e. The molecule has 0 spiro atoms. The van der Waals surface area contributed by atoms with Gasteiger partial charge < -0.3 is 4.42 Å². The molecule has 0 atom stereocenters. The molecule has 0 fully saturated rings. The van der Waals surface area contributed by atoms with Gasteiger partial charge in [0, 0.05) is 32.3 Å². The third kappa shape index (κ3) is 2.18. The Kier molecular flexibility index (Phi) is 3.28. The van der Waals surface area contributed by atoms with Gasteiger partial charge in [0.2, 0.25) is 0 Å². The minimum Gasteiger partial charge on any atom is -0.456 e. The SMILES string of the molecule is N=c1c2ccccc2c2cc(-c3ccc4oc5ccccc5c4c3)cc3c4ccccc4n1c23. The predicted molar refractivity (Wildman–Crippen MR) is 140 cm³/mol. The van der Waals surface area contributed by atoms with Crippen LogP contribution in [0.4, 0.5) is 0 Å². The summed E-state index contributed by atoms with van der Waals surface area (Å²) in [7, 11) is 0. The monoisotopic (exact) mass is 434 g/mol. The second-order valence-electron chi connectivity index (χ2n) is 8.98. The van der Waals surface area contributed by atoms with E-state index in [9.17, 15) is 0 Å². The molecular formula is C31H18N2O. The van der Waals surface area contributed by atoms with Crippen molar-refractivity contribution in [1.29, 1.82) is 5.41 Å². The molecule has 3 heteroatoms. The Morgan fingerprint density at radius 2 is 1.12 bits per heavy atom. The maximum Gasteiger partial charge on any atom is 0.137 e. The van der Waals surface area contributed by atoms with E-state index in [-0.39, 0.29) is 0 Å². The van der Waals surface area contributed by atoms with Crippen LogP contribution in [0.25, 0.3) is 71.0 Å². The maximum atomic E-state index is 9.01. The molecule has 1 N–H and O–H groups in total. The summed E-state index contributed by atoms with van der Waals surface area (Å²) in [6, 6.07) is 35.9. The quantitative estimate of drug-likeness (QED) is 0.262. The lowest BCUT2D eigenvalue weighted by Gasteiger charge is -2.10. The molecule has 3 nitrogen and oxygen atoms in total. The average molecular weight is 434 g/mol. The molecule has 5 aromatic carbocycles. The van der Waals surface area contributed by atoms with E-state index in [0.717, 1.165) is 49.3 Å². The van der Waals surface area contributed by atoms with Crippen LogP contribution in [0.2, 0.25) is 0 Å². The lowest BCUT2D eigenvalue weighted by Crippen LogP contribution is -2.13. The van der Waals surface area contributed by atoms with E-state index in [1.807, 2.05) is 18.2 Å². The number of fused-ring (bicyclic) bond motifs is 8. The lowest BCUT2D eigenvalue weighted by molar-refractivity contribution is 0.669. The first kappa shape index (κ1) is 17.9. The van der Waals surface area contributed by atoms with Crippen molar-refractivity contribution in [2.75, 3.05) is 0 Å². The number of nitrogens with zero attached hydrogens (tertiary/aromatic N) is 1. The second-order valence-corrected chi connectivity index (χ2v) is 8.98. The van der Waals surface area contributed by atoms with E-state index in [1.54, 1.807) is 0 Å². The molecule has 158 valence electrons. The summed E-state index contributed by atoms with van der Waals surface area (Å²) >= 11 is 0. The van der Waals surface area contributed by atoms with Gasteiger partial charge in [-0.25, -0.2) is 0 Å². The average Bonchev–Trinajstić information content (AvgIpc) is 3.43. The van der Waals surface area contributed by atoms with E-state index in [4.69, 9.17) is 9.83 Å². The van der Waals surface area contributed by atoms with Crippen LogP contribution in [-0.2, 0) is 0 Å². The van der Waals surface area contributed by atoms with Crippen molar-refractivity contribution in [3.8, 4) is 11.1 Å². The fraction of sp³-hybridized carbons (Fsp3) is 0. The topological polar surface area (TPSA) is 41.4 Å². The van der Waals surface area contributed by atoms with Gasteiger partial charge in [0.25, 0.3) is 0 Å². The molecule has 0 radical (unpaired) electrons. The van der Waals surface area contributed by atoms with Crippen LogP contribution >= 0.6 is 0 Å². The number of pyridine rings is 1. The minimum atomic E-state index is 0.535. The van der Waals surface area contributed by atoms with Gasteiger partial charge in [0.15, 0.2) is 0 Å². The molecule has 3 aromatic heterocycles. The van der Waals surface area contributed by atoms with Crippen molar-refractivity contribution in [2.24, 2.45) is 0 Å². The molecule has 0 unspecified atom stereocenters. The number of hydrogen-bond donors (Lipinski definition) is 1. The van der Waals surface area contributed by atoms with Crippen molar-refractivity contribution in [1.82, 2.24) is 4.40 Å². The van der Waals surface area contributed by atoms with Crippen LogP contribution in [0, 0.1) is 5.41 Å². The maximum absolute atomic E-state index is 9.01. The Bertz CT molecular complexity index is 2150. The van der Waals surface area contributed by atoms with E-state index in [1.165, 1.54) is 21.7 Å². The van der Waals surface area contributed by atoms with Gasteiger partial charge in [-0.3, -0.25) is 9.81 Å². The van der Waals surface area contributed by atoms with Gasteiger partial charge in [-0.2, -0.15) is 0 Å². The first-order chi connectivity index (χ1) is 16.8. The highest BCUT2D eigenvalue weighted by molar-refractivity contribution is 6.21. The Balaban J connectivity index is 1.55. The summed E-state index contributed by atoms with van der Waals surface area (Å²) in [4.78, 5) is 0. The molecule has 0 aliphatic carbocycles. The molecule has 0 aliphatic heterocycles. The number of benzene rings is 5. The number of hydrogen-bond acceptors (Lipinski definition) is 2. The van der Waals surface area contributed by atoms with Gasteiger partial charge in [-0.1, -0.05) is 66.7 Å². The van der Waals surface area contributed by atoms with Gasteiger partial charge >= 0.3 is 0 Å². The highest BCUT2D eigenvalue weighted by Crippen LogP contribution is 2.39. The van der Waals surface area contributed by atoms with Crippen LogP contribution in [0.3, 0.4) is 0 Å². The van der Waals surface area contributed by atoms with Crippen molar-refractivity contribution in [3.63, 3.8) is 0 Å². The molecular weight excluding hydrogens is 416 g/mol. The van der Waals surface area contributed by atoms with Crippen LogP contribution in [0.1, 0.15) is 0 Å². The summed E-state index contributed by atoms with van der Waals surface area (Å²) in [5.41, 5.74) is 6.87. The lowest BCUT2D eigenvalue weighted by atomic mass is 9.96.